The Bertz CT molecular complexity index is 385. The van der Waals surface area contributed by atoms with Crippen molar-refractivity contribution < 1.29 is 9.90 Å². The predicted octanol–water partition coefficient (Wildman–Crippen LogP) is 2.71. The van der Waals surface area contributed by atoms with Gasteiger partial charge >= 0.3 is 5.97 Å². The predicted molar refractivity (Wildman–Crippen MR) is 68.7 cm³/mol. The molecule has 1 aromatic heterocycles. The monoisotopic (exact) mass is 236 g/mol. The van der Waals surface area contributed by atoms with Crippen LogP contribution in [0.3, 0.4) is 0 Å². The topological polar surface area (TPSA) is 53.4 Å². The van der Waals surface area contributed by atoms with Crippen LogP contribution in [0.4, 0.5) is 5.82 Å². The van der Waals surface area contributed by atoms with Crippen molar-refractivity contribution in [2.45, 2.75) is 33.6 Å². The number of carboxylic acid groups (broad SMARTS) is 1. The molecule has 0 bridgehead atoms. The van der Waals surface area contributed by atoms with Crippen molar-refractivity contribution in [1.82, 2.24) is 4.98 Å². The lowest BCUT2D eigenvalue weighted by Gasteiger charge is -2.23. The van der Waals surface area contributed by atoms with Crippen LogP contribution in [0.2, 0.25) is 0 Å². The molecule has 1 aromatic rings. The first kappa shape index (κ1) is 13.5. The number of carboxylic acids is 1. The number of anilines is 1. The molecule has 4 nitrogen and oxygen atoms in total. The van der Waals surface area contributed by atoms with Crippen molar-refractivity contribution in [1.29, 1.82) is 0 Å². The molecular formula is C13H20N2O2. The standard InChI is InChI=1S/C13H20N2O2/c1-4-8-15(9-5-2)12-7-6-11(13(16)17)10(3)14-12/h6-7H,4-5,8-9H2,1-3H3,(H,16,17). The summed E-state index contributed by atoms with van der Waals surface area (Å²) < 4.78 is 0. The maximum atomic E-state index is 10.9. The van der Waals surface area contributed by atoms with Gasteiger partial charge in [0, 0.05) is 13.1 Å². The Morgan fingerprint density at radius 3 is 2.29 bits per heavy atom. The summed E-state index contributed by atoms with van der Waals surface area (Å²) >= 11 is 0. The summed E-state index contributed by atoms with van der Waals surface area (Å²) in [7, 11) is 0. The van der Waals surface area contributed by atoms with E-state index in [1.165, 1.54) is 0 Å². The highest BCUT2D eigenvalue weighted by Crippen LogP contribution is 2.15. The van der Waals surface area contributed by atoms with E-state index in [9.17, 15) is 4.79 Å². The molecule has 0 saturated carbocycles. The minimum absolute atomic E-state index is 0.279. The van der Waals surface area contributed by atoms with E-state index in [-0.39, 0.29) is 5.56 Å². The fourth-order valence-corrected chi connectivity index (χ4v) is 1.83. The van der Waals surface area contributed by atoms with Gasteiger partial charge in [0.15, 0.2) is 0 Å². The average Bonchev–Trinajstić information content (AvgIpc) is 2.28. The van der Waals surface area contributed by atoms with Crippen LogP contribution in [0.5, 0.6) is 0 Å². The lowest BCUT2D eigenvalue weighted by Crippen LogP contribution is -2.26. The van der Waals surface area contributed by atoms with E-state index in [2.05, 4.69) is 23.7 Å². The number of pyridine rings is 1. The smallest absolute Gasteiger partial charge is 0.337 e. The van der Waals surface area contributed by atoms with Crippen molar-refractivity contribution in [3.05, 3.63) is 23.4 Å². The number of nitrogens with zero attached hydrogens (tertiary/aromatic N) is 2. The third-order valence-electron chi connectivity index (χ3n) is 2.61. The third kappa shape index (κ3) is 3.44. The summed E-state index contributed by atoms with van der Waals surface area (Å²) in [6.07, 6.45) is 2.11. The highest BCUT2D eigenvalue weighted by molar-refractivity contribution is 5.89. The van der Waals surface area contributed by atoms with E-state index < -0.39 is 5.97 Å². The number of aromatic nitrogens is 1. The van der Waals surface area contributed by atoms with Crippen LogP contribution in [-0.4, -0.2) is 29.1 Å². The maximum Gasteiger partial charge on any atom is 0.337 e. The van der Waals surface area contributed by atoms with Gasteiger partial charge in [-0.15, -0.1) is 0 Å². The summed E-state index contributed by atoms with van der Waals surface area (Å²) in [5, 5.41) is 8.95. The van der Waals surface area contributed by atoms with E-state index >= 15 is 0 Å². The molecule has 0 aliphatic rings. The summed E-state index contributed by atoms with van der Waals surface area (Å²) in [5.41, 5.74) is 0.855. The Hall–Kier alpha value is -1.58. The molecular weight excluding hydrogens is 216 g/mol. The zero-order valence-corrected chi connectivity index (χ0v) is 10.7. The second-order valence-corrected chi connectivity index (χ2v) is 4.09. The van der Waals surface area contributed by atoms with Gasteiger partial charge in [0.1, 0.15) is 5.82 Å². The van der Waals surface area contributed by atoms with E-state index in [1.54, 1.807) is 19.1 Å². The fourth-order valence-electron chi connectivity index (χ4n) is 1.83. The molecule has 1 N–H and O–H groups in total. The molecule has 0 aromatic carbocycles. The van der Waals surface area contributed by atoms with Gasteiger partial charge < -0.3 is 10.0 Å². The Kier molecular flexibility index (Phi) is 4.94. The van der Waals surface area contributed by atoms with Gasteiger partial charge in [-0.05, 0) is 31.9 Å². The molecule has 94 valence electrons. The first-order chi connectivity index (χ1) is 8.10. The molecule has 1 heterocycles. The minimum atomic E-state index is -0.918. The van der Waals surface area contributed by atoms with Gasteiger partial charge in [0.05, 0.1) is 11.3 Å². The highest BCUT2D eigenvalue weighted by Gasteiger charge is 2.11. The van der Waals surface area contributed by atoms with Gasteiger partial charge in [-0.3, -0.25) is 0 Å². The molecule has 17 heavy (non-hydrogen) atoms. The fraction of sp³-hybridized carbons (Fsp3) is 0.538. The van der Waals surface area contributed by atoms with Crippen molar-refractivity contribution in [3.63, 3.8) is 0 Å². The van der Waals surface area contributed by atoms with Gasteiger partial charge in [0.2, 0.25) is 0 Å². The number of aryl methyl sites for hydroxylation is 1. The lowest BCUT2D eigenvalue weighted by atomic mass is 10.2. The van der Waals surface area contributed by atoms with E-state index in [0.29, 0.717) is 5.69 Å². The second kappa shape index (κ2) is 6.23. The van der Waals surface area contributed by atoms with Gasteiger partial charge in [-0.25, -0.2) is 9.78 Å². The summed E-state index contributed by atoms with van der Waals surface area (Å²) in [6.45, 7) is 7.89. The second-order valence-electron chi connectivity index (χ2n) is 4.09. The normalized spacial score (nSPS) is 10.3. The molecule has 0 aliphatic carbocycles. The summed E-state index contributed by atoms with van der Waals surface area (Å²) in [6, 6.07) is 3.43. The lowest BCUT2D eigenvalue weighted by molar-refractivity contribution is 0.0695. The Balaban J connectivity index is 2.97. The van der Waals surface area contributed by atoms with E-state index in [0.717, 1.165) is 31.7 Å². The van der Waals surface area contributed by atoms with Gasteiger partial charge in [0.25, 0.3) is 0 Å². The van der Waals surface area contributed by atoms with Crippen LogP contribution in [0, 0.1) is 6.92 Å². The van der Waals surface area contributed by atoms with Gasteiger partial charge in [-0.2, -0.15) is 0 Å². The molecule has 0 fully saturated rings. The molecule has 4 heteroatoms. The molecule has 0 spiro atoms. The van der Waals surface area contributed by atoms with Crippen LogP contribution < -0.4 is 4.90 Å². The highest BCUT2D eigenvalue weighted by atomic mass is 16.4. The first-order valence-corrected chi connectivity index (χ1v) is 6.06. The van der Waals surface area contributed by atoms with E-state index in [4.69, 9.17) is 5.11 Å². The minimum Gasteiger partial charge on any atom is -0.478 e. The summed E-state index contributed by atoms with van der Waals surface area (Å²) in [4.78, 5) is 17.5. The average molecular weight is 236 g/mol. The zero-order valence-electron chi connectivity index (χ0n) is 10.7. The molecule has 0 amide bonds. The maximum absolute atomic E-state index is 10.9. The van der Waals surface area contributed by atoms with Crippen molar-refractivity contribution >= 4 is 11.8 Å². The molecule has 0 radical (unpaired) electrons. The van der Waals surface area contributed by atoms with Crippen LogP contribution in [0.15, 0.2) is 12.1 Å². The van der Waals surface area contributed by atoms with Crippen LogP contribution in [0.1, 0.15) is 42.7 Å². The number of hydrogen-bond donors (Lipinski definition) is 1. The number of carbonyl (C=O) groups is 1. The number of rotatable bonds is 6. The third-order valence-corrected chi connectivity index (χ3v) is 2.61. The molecule has 0 atom stereocenters. The number of hydrogen-bond acceptors (Lipinski definition) is 3. The Morgan fingerprint density at radius 2 is 1.88 bits per heavy atom. The largest absolute Gasteiger partial charge is 0.478 e. The zero-order chi connectivity index (χ0) is 12.8. The Labute approximate surface area is 102 Å². The van der Waals surface area contributed by atoms with Crippen molar-refractivity contribution in [2.24, 2.45) is 0 Å². The molecule has 0 aliphatic heterocycles. The first-order valence-electron chi connectivity index (χ1n) is 6.06. The van der Waals surface area contributed by atoms with Gasteiger partial charge in [-0.1, -0.05) is 13.8 Å². The molecule has 0 unspecified atom stereocenters. The van der Waals surface area contributed by atoms with Crippen molar-refractivity contribution in [2.75, 3.05) is 18.0 Å². The van der Waals surface area contributed by atoms with Crippen molar-refractivity contribution in [3.8, 4) is 0 Å². The van der Waals surface area contributed by atoms with Crippen LogP contribution in [0.25, 0.3) is 0 Å². The summed E-state index contributed by atoms with van der Waals surface area (Å²) in [5.74, 6) is -0.0460. The van der Waals surface area contributed by atoms with Crippen LogP contribution >= 0.6 is 0 Å². The van der Waals surface area contributed by atoms with E-state index in [1.807, 2.05) is 0 Å². The molecule has 0 saturated heterocycles. The number of aromatic carboxylic acids is 1. The van der Waals surface area contributed by atoms with Crippen LogP contribution in [-0.2, 0) is 0 Å². The Morgan fingerprint density at radius 1 is 1.29 bits per heavy atom. The quantitative estimate of drug-likeness (QED) is 0.825. The SMILES string of the molecule is CCCN(CCC)c1ccc(C(=O)O)c(C)n1. The molecule has 1 rings (SSSR count).